The lowest BCUT2D eigenvalue weighted by atomic mass is 10.2. The predicted octanol–water partition coefficient (Wildman–Crippen LogP) is 5.18. The molecule has 0 radical (unpaired) electrons. The van der Waals surface area contributed by atoms with Gasteiger partial charge in [0.05, 0.1) is 23.4 Å². The summed E-state index contributed by atoms with van der Waals surface area (Å²) in [4.78, 5) is 0. The average Bonchev–Trinajstić information content (AvgIpc) is 2.49. The number of hydrogen-bond donors (Lipinski definition) is 2. The SMILES string of the molecule is COc1ccc(NC(=S)Nc2cc(C(F)(F)F)ccc2Cl)cc1. The van der Waals surface area contributed by atoms with E-state index in [2.05, 4.69) is 10.6 Å². The van der Waals surface area contributed by atoms with Crippen molar-refractivity contribution in [3.63, 3.8) is 0 Å². The summed E-state index contributed by atoms with van der Waals surface area (Å²) in [6.07, 6.45) is -4.45. The highest BCUT2D eigenvalue weighted by Crippen LogP contribution is 2.33. The molecule has 0 unspecified atom stereocenters. The molecular weight excluding hydrogens is 349 g/mol. The van der Waals surface area contributed by atoms with E-state index in [1.807, 2.05) is 0 Å². The first kappa shape index (κ1) is 17.4. The van der Waals surface area contributed by atoms with Gasteiger partial charge in [-0.15, -0.1) is 0 Å². The average molecular weight is 361 g/mol. The van der Waals surface area contributed by atoms with E-state index in [1.54, 1.807) is 31.4 Å². The van der Waals surface area contributed by atoms with Crippen LogP contribution >= 0.6 is 23.8 Å². The fourth-order valence-corrected chi connectivity index (χ4v) is 2.15. The molecule has 0 atom stereocenters. The maximum atomic E-state index is 12.7. The van der Waals surface area contributed by atoms with E-state index in [0.717, 1.165) is 12.1 Å². The molecule has 23 heavy (non-hydrogen) atoms. The molecule has 0 saturated carbocycles. The summed E-state index contributed by atoms with van der Waals surface area (Å²) in [6, 6.07) is 9.88. The van der Waals surface area contributed by atoms with Crippen LogP contribution in [0.25, 0.3) is 0 Å². The minimum atomic E-state index is -4.45. The number of thiocarbonyl (C=S) groups is 1. The molecule has 0 fully saturated rings. The molecule has 0 aromatic heterocycles. The van der Waals surface area contributed by atoms with Crippen LogP contribution in [-0.2, 0) is 6.18 Å². The third kappa shape index (κ3) is 4.74. The zero-order valence-electron chi connectivity index (χ0n) is 11.9. The van der Waals surface area contributed by atoms with Crippen LogP contribution in [0.5, 0.6) is 5.75 Å². The van der Waals surface area contributed by atoms with Crippen LogP contribution in [0.2, 0.25) is 5.02 Å². The van der Waals surface area contributed by atoms with Crippen molar-refractivity contribution < 1.29 is 17.9 Å². The van der Waals surface area contributed by atoms with Crippen LogP contribution in [-0.4, -0.2) is 12.2 Å². The molecule has 0 amide bonds. The Morgan fingerprint density at radius 3 is 2.30 bits per heavy atom. The molecule has 3 nitrogen and oxygen atoms in total. The summed E-state index contributed by atoms with van der Waals surface area (Å²) < 4.78 is 43.2. The van der Waals surface area contributed by atoms with Crippen molar-refractivity contribution in [2.24, 2.45) is 0 Å². The molecule has 0 aliphatic rings. The van der Waals surface area contributed by atoms with E-state index in [-0.39, 0.29) is 15.8 Å². The van der Waals surface area contributed by atoms with Crippen LogP contribution in [0.15, 0.2) is 42.5 Å². The first-order chi connectivity index (χ1) is 10.8. The molecule has 2 rings (SSSR count). The van der Waals surface area contributed by atoms with Crippen molar-refractivity contribution in [2.75, 3.05) is 17.7 Å². The second-order valence-electron chi connectivity index (χ2n) is 4.50. The molecule has 8 heteroatoms. The Bertz CT molecular complexity index is 705. The maximum absolute atomic E-state index is 12.7. The Labute approximate surface area is 141 Å². The molecular formula is C15H12ClF3N2OS. The standard InChI is InChI=1S/C15H12ClF3N2OS/c1-22-11-5-3-10(4-6-11)20-14(23)21-13-8-9(15(17,18)19)2-7-12(13)16/h2-8H,1H3,(H2,20,21,23). The summed E-state index contributed by atoms with van der Waals surface area (Å²) in [5.74, 6) is 0.676. The monoisotopic (exact) mass is 360 g/mol. The minimum Gasteiger partial charge on any atom is -0.497 e. The van der Waals surface area contributed by atoms with Crippen molar-refractivity contribution >= 4 is 40.3 Å². The van der Waals surface area contributed by atoms with E-state index in [4.69, 9.17) is 28.6 Å². The van der Waals surface area contributed by atoms with Crippen molar-refractivity contribution in [3.05, 3.63) is 53.1 Å². The van der Waals surface area contributed by atoms with Crippen LogP contribution in [0, 0.1) is 0 Å². The lowest BCUT2D eigenvalue weighted by Crippen LogP contribution is -2.19. The van der Waals surface area contributed by atoms with Crippen LogP contribution < -0.4 is 15.4 Å². The highest BCUT2D eigenvalue weighted by Gasteiger charge is 2.31. The zero-order chi connectivity index (χ0) is 17.0. The molecule has 2 aromatic rings. The van der Waals surface area contributed by atoms with Gasteiger partial charge >= 0.3 is 6.18 Å². The number of anilines is 2. The Balaban J connectivity index is 2.10. The fourth-order valence-electron chi connectivity index (χ4n) is 1.76. The normalized spacial score (nSPS) is 11.0. The molecule has 0 spiro atoms. The molecule has 2 aromatic carbocycles. The first-order valence-corrected chi connectivity index (χ1v) is 7.17. The third-order valence-electron chi connectivity index (χ3n) is 2.89. The van der Waals surface area contributed by atoms with E-state index < -0.39 is 11.7 Å². The van der Waals surface area contributed by atoms with Gasteiger partial charge in [-0.05, 0) is 54.7 Å². The molecule has 0 saturated heterocycles. The summed E-state index contributed by atoms with van der Waals surface area (Å²) in [5, 5.41) is 5.77. The number of ether oxygens (including phenoxy) is 1. The van der Waals surface area contributed by atoms with Gasteiger partial charge in [-0.3, -0.25) is 0 Å². The minimum absolute atomic E-state index is 0.0764. The largest absolute Gasteiger partial charge is 0.497 e. The number of hydrogen-bond acceptors (Lipinski definition) is 2. The van der Waals surface area contributed by atoms with Crippen molar-refractivity contribution in [1.82, 2.24) is 0 Å². The summed E-state index contributed by atoms with van der Waals surface area (Å²) in [7, 11) is 1.55. The van der Waals surface area contributed by atoms with Crippen molar-refractivity contribution in [1.29, 1.82) is 0 Å². The highest BCUT2D eigenvalue weighted by atomic mass is 35.5. The van der Waals surface area contributed by atoms with Gasteiger partial charge in [-0.2, -0.15) is 13.2 Å². The number of nitrogens with one attached hydrogen (secondary N) is 2. The van der Waals surface area contributed by atoms with E-state index in [0.29, 0.717) is 11.4 Å². The maximum Gasteiger partial charge on any atom is 0.416 e. The second kappa shape index (κ2) is 7.06. The number of alkyl halides is 3. The third-order valence-corrected chi connectivity index (χ3v) is 3.42. The number of halogens is 4. The Morgan fingerprint density at radius 2 is 1.74 bits per heavy atom. The summed E-state index contributed by atoms with van der Waals surface area (Å²) >= 11 is 11.0. The summed E-state index contributed by atoms with van der Waals surface area (Å²) in [5.41, 5.74) is -0.0736. The van der Waals surface area contributed by atoms with Gasteiger partial charge in [-0.1, -0.05) is 11.6 Å². The second-order valence-corrected chi connectivity index (χ2v) is 5.32. The van der Waals surface area contributed by atoms with Crippen LogP contribution in [0.3, 0.4) is 0 Å². The zero-order valence-corrected chi connectivity index (χ0v) is 13.4. The summed E-state index contributed by atoms with van der Waals surface area (Å²) in [6.45, 7) is 0. The van der Waals surface area contributed by atoms with Gasteiger partial charge in [0.15, 0.2) is 5.11 Å². The van der Waals surface area contributed by atoms with Crippen LogP contribution in [0.1, 0.15) is 5.56 Å². The van der Waals surface area contributed by atoms with E-state index >= 15 is 0 Å². The smallest absolute Gasteiger partial charge is 0.416 e. The van der Waals surface area contributed by atoms with Gasteiger partial charge in [0.2, 0.25) is 0 Å². The number of benzene rings is 2. The van der Waals surface area contributed by atoms with Crippen molar-refractivity contribution in [2.45, 2.75) is 6.18 Å². The van der Waals surface area contributed by atoms with Gasteiger partial charge in [0, 0.05) is 5.69 Å². The van der Waals surface area contributed by atoms with Gasteiger partial charge in [-0.25, -0.2) is 0 Å². The van der Waals surface area contributed by atoms with Gasteiger partial charge < -0.3 is 15.4 Å². The van der Waals surface area contributed by atoms with E-state index in [9.17, 15) is 13.2 Å². The van der Waals surface area contributed by atoms with E-state index in [1.165, 1.54) is 6.07 Å². The number of methoxy groups -OCH3 is 1. The molecule has 2 N–H and O–H groups in total. The number of rotatable bonds is 3. The Morgan fingerprint density at radius 1 is 1.09 bits per heavy atom. The first-order valence-electron chi connectivity index (χ1n) is 6.38. The quantitative estimate of drug-likeness (QED) is 0.739. The Hall–Kier alpha value is -1.99. The lowest BCUT2D eigenvalue weighted by molar-refractivity contribution is -0.137. The topological polar surface area (TPSA) is 33.3 Å². The van der Waals surface area contributed by atoms with Gasteiger partial charge in [0.25, 0.3) is 0 Å². The highest BCUT2D eigenvalue weighted by molar-refractivity contribution is 7.80. The fraction of sp³-hybridized carbons (Fsp3) is 0.133. The molecule has 0 bridgehead atoms. The lowest BCUT2D eigenvalue weighted by Gasteiger charge is -2.14. The molecule has 0 heterocycles. The molecule has 122 valence electrons. The molecule has 0 aliphatic heterocycles. The van der Waals surface area contributed by atoms with Crippen molar-refractivity contribution in [3.8, 4) is 5.75 Å². The molecule has 0 aliphatic carbocycles. The van der Waals surface area contributed by atoms with Gasteiger partial charge in [0.1, 0.15) is 5.75 Å². The predicted molar refractivity (Wildman–Crippen MR) is 89.3 cm³/mol. The Kier molecular flexibility index (Phi) is 5.33. The van der Waals surface area contributed by atoms with Crippen LogP contribution in [0.4, 0.5) is 24.5 Å².